The average molecular weight is 318 g/mol. The highest BCUT2D eigenvalue weighted by Gasteiger charge is 2.26. The molecule has 1 aliphatic rings. The molecule has 0 aromatic rings. The first-order valence-electron chi connectivity index (χ1n) is 7.53. The molecule has 2 nitrogen and oxygen atoms in total. The number of alkyl halides is 1. The van der Waals surface area contributed by atoms with E-state index in [1.54, 1.807) is 0 Å². The molecule has 1 unspecified atom stereocenters. The lowest BCUT2D eigenvalue weighted by molar-refractivity contribution is -0.126. The van der Waals surface area contributed by atoms with E-state index in [1.165, 1.54) is 32.1 Å². The van der Waals surface area contributed by atoms with Crippen molar-refractivity contribution in [3.05, 3.63) is 0 Å². The van der Waals surface area contributed by atoms with Crippen molar-refractivity contribution in [2.75, 3.05) is 5.33 Å². The van der Waals surface area contributed by atoms with Gasteiger partial charge in [-0.3, -0.25) is 4.79 Å². The van der Waals surface area contributed by atoms with Gasteiger partial charge in [0.15, 0.2) is 0 Å². The van der Waals surface area contributed by atoms with Crippen LogP contribution in [0.5, 0.6) is 0 Å². The maximum Gasteiger partial charge on any atom is 0.223 e. The third-order valence-corrected chi connectivity index (χ3v) is 4.57. The Bertz CT molecular complexity index is 237. The Morgan fingerprint density at radius 3 is 2.56 bits per heavy atom. The standard InChI is InChI=1S/C15H28BrNO/c1-3-4-5-13-6-8-14(9-7-13)15(18)17-12(2)10-11-16/h12-14H,3-11H2,1-2H3,(H,17,18). The maximum absolute atomic E-state index is 12.1. The normalized spacial score (nSPS) is 25.7. The first-order chi connectivity index (χ1) is 8.67. The highest BCUT2D eigenvalue weighted by Crippen LogP contribution is 2.32. The van der Waals surface area contributed by atoms with Crippen LogP contribution in [0.15, 0.2) is 0 Å². The molecule has 0 bridgehead atoms. The van der Waals surface area contributed by atoms with E-state index in [0.717, 1.165) is 30.5 Å². The molecule has 1 N–H and O–H groups in total. The van der Waals surface area contributed by atoms with Gasteiger partial charge >= 0.3 is 0 Å². The molecule has 1 aliphatic carbocycles. The third kappa shape index (κ3) is 5.73. The van der Waals surface area contributed by atoms with Crippen LogP contribution in [-0.2, 0) is 4.79 Å². The van der Waals surface area contributed by atoms with Crippen LogP contribution in [0.25, 0.3) is 0 Å². The summed E-state index contributed by atoms with van der Waals surface area (Å²) >= 11 is 3.42. The van der Waals surface area contributed by atoms with Crippen molar-refractivity contribution in [1.82, 2.24) is 5.32 Å². The second-order valence-corrected chi connectivity index (χ2v) is 6.54. The molecule has 0 radical (unpaired) electrons. The summed E-state index contributed by atoms with van der Waals surface area (Å²) in [5, 5.41) is 4.10. The zero-order chi connectivity index (χ0) is 13.4. The molecule has 0 heterocycles. The van der Waals surface area contributed by atoms with Gasteiger partial charge in [-0.05, 0) is 44.9 Å². The monoisotopic (exact) mass is 317 g/mol. The lowest BCUT2D eigenvalue weighted by Gasteiger charge is -2.28. The van der Waals surface area contributed by atoms with Gasteiger partial charge in [0.05, 0.1) is 0 Å². The smallest absolute Gasteiger partial charge is 0.223 e. The number of halogens is 1. The molecule has 1 rings (SSSR count). The summed E-state index contributed by atoms with van der Waals surface area (Å²) in [6.45, 7) is 4.34. The molecule has 1 saturated carbocycles. The van der Waals surface area contributed by atoms with Crippen LogP contribution >= 0.6 is 15.9 Å². The second kappa shape index (κ2) is 8.95. The van der Waals surface area contributed by atoms with Crippen molar-refractivity contribution in [2.45, 2.75) is 71.3 Å². The number of unbranched alkanes of at least 4 members (excludes halogenated alkanes) is 1. The van der Waals surface area contributed by atoms with Gasteiger partial charge < -0.3 is 5.32 Å². The van der Waals surface area contributed by atoms with Crippen LogP contribution in [-0.4, -0.2) is 17.3 Å². The van der Waals surface area contributed by atoms with Gasteiger partial charge in [-0.15, -0.1) is 0 Å². The van der Waals surface area contributed by atoms with Crippen LogP contribution in [0.3, 0.4) is 0 Å². The fourth-order valence-electron chi connectivity index (χ4n) is 2.80. The molecule has 3 heteroatoms. The van der Waals surface area contributed by atoms with Crippen LogP contribution in [0, 0.1) is 11.8 Å². The minimum absolute atomic E-state index is 0.278. The number of amides is 1. The molecule has 106 valence electrons. The summed E-state index contributed by atoms with van der Waals surface area (Å²) in [5.41, 5.74) is 0. The number of rotatable bonds is 7. The predicted octanol–water partition coefficient (Wildman–Crippen LogP) is 4.27. The summed E-state index contributed by atoms with van der Waals surface area (Å²) in [4.78, 5) is 12.1. The Balaban J connectivity index is 2.23. The Kier molecular flexibility index (Phi) is 7.96. The first-order valence-corrected chi connectivity index (χ1v) is 8.65. The minimum atomic E-state index is 0.278. The summed E-state index contributed by atoms with van der Waals surface area (Å²) in [7, 11) is 0. The third-order valence-electron chi connectivity index (χ3n) is 4.11. The Morgan fingerprint density at radius 2 is 2.00 bits per heavy atom. The highest BCUT2D eigenvalue weighted by molar-refractivity contribution is 9.09. The van der Waals surface area contributed by atoms with E-state index in [2.05, 4.69) is 35.1 Å². The number of carbonyl (C=O) groups is 1. The van der Waals surface area contributed by atoms with Crippen molar-refractivity contribution in [3.8, 4) is 0 Å². The summed E-state index contributed by atoms with van der Waals surface area (Å²) < 4.78 is 0. The van der Waals surface area contributed by atoms with Gasteiger partial charge in [-0.2, -0.15) is 0 Å². The molecular formula is C15H28BrNO. The molecule has 0 aromatic heterocycles. The molecule has 0 saturated heterocycles. The van der Waals surface area contributed by atoms with Gasteiger partial charge in [0.25, 0.3) is 0 Å². The van der Waals surface area contributed by atoms with Gasteiger partial charge in [-0.25, -0.2) is 0 Å². The number of carbonyl (C=O) groups excluding carboxylic acids is 1. The number of nitrogens with one attached hydrogen (secondary N) is 1. The van der Waals surface area contributed by atoms with E-state index >= 15 is 0 Å². The number of hydrogen-bond donors (Lipinski definition) is 1. The van der Waals surface area contributed by atoms with E-state index in [4.69, 9.17) is 0 Å². The lowest BCUT2D eigenvalue weighted by Crippen LogP contribution is -2.38. The summed E-state index contributed by atoms with van der Waals surface area (Å²) in [6.07, 6.45) is 9.73. The maximum atomic E-state index is 12.1. The van der Waals surface area contributed by atoms with Crippen LogP contribution in [0.1, 0.15) is 65.2 Å². The van der Waals surface area contributed by atoms with Crippen molar-refractivity contribution in [1.29, 1.82) is 0 Å². The zero-order valence-electron chi connectivity index (χ0n) is 11.9. The fraction of sp³-hybridized carbons (Fsp3) is 0.933. The van der Waals surface area contributed by atoms with Crippen LogP contribution in [0.4, 0.5) is 0 Å². The molecule has 1 fully saturated rings. The second-order valence-electron chi connectivity index (χ2n) is 5.75. The predicted molar refractivity (Wildman–Crippen MR) is 81.0 cm³/mol. The van der Waals surface area contributed by atoms with E-state index in [0.29, 0.717) is 6.04 Å². The largest absolute Gasteiger partial charge is 0.353 e. The molecule has 0 spiro atoms. The summed E-state index contributed by atoms with van der Waals surface area (Å²) in [6, 6.07) is 0.301. The summed E-state index contributed by atoms with van der Waals surface area (Å²) in [5.74, 6) is 1.45. The van der Waals surface area contributed by atoms with Crippen LogP contribution in [0.2, 0.25) is 0 Å². The van der Waals surface area contributed by atoms with Gasteiger partial charge in [0.1, 0.15) is 0 Å². The van der Waals surface area contributed by atoms with E-state index in [-0.39, 0.29) is 11.8 Å². The number of hydrogen-bond acceptors (Lipinski definition) is 1. The van der Waals surface area contributed by atoms with Crippen LogP contribution < -0.4 is 5.32 Å². The minimum Gasteiger partial charge on any atom is -0.353 e. The quantitative estimate of drug-likeness (QED) is 0.698. The molecule has 18 heavy (non-hydrogen) atoms. The van der Waals surface area contributed by atoms with Crippen molar-refractivity contribution in [2.24, 2.45) is 11.8 Å². The Labute approximate surface area is 120 Å². The molecule has 1 amide bonds. The van der Waals surface area contributed by atoms with Gasteiger partial charge in [0.2, 0.25) is 5.91 Å². The first kappa shape index (κ1) is 16.0. The van der Waals surface area contributed by atoms with E-state index < -0.39 is 0 Å². The van der Waals surface area contributed by atoms with E-state index in [9.17, 15) is 4.79 Å². The molecule has 0 aliphatic heterocycles. The SMILES string of the molecule is CCCCC1CCC(C(=O)NC(C)CCBr)CC1. The Morgan fingerprint density at radius 1 is 1.33 bits per heavy atom. The lowest BCUT2D eigenvalue weighted by atomic mass is 9.79. The molecule has 1 atom stereocenters. The van der Waals surface area contributed by atoms with Crippen molar-refractivity contribution in [3.63, 3.8) is 0 Å². The zero-order valence-corrected chi connectivity index (χ0v) is 13.5. The molecular weight excluding hydrogens is 290 g/mol. The van der Waals surface area contributed by atoms with Crippen molar-refractivity contribution >= 4 is 21.8 Å². The average Bonchev–Trinajstić information content (AvgIpc) is 2.37. The highest BCUT2D eigenvalue weighted by atomic mass is 79.9. The van der Waals surface area contributed by atoms with E-state index in [1.807, 2.05) is 0 Å². The molecule has 0 aromatic carbocycles. The fourth-order valence-corrected chi connectivity index (χ4v) is 3.49. The Hall–Kier alpha value is -0.0500. The van der Waals surface area contributed by atoms with Crippen molar-refractivity contribution < 1.29 is 4.79 Å². The van der Waals surface area contributed by atoms with Gasteiger partial charge in [-0.1, -0.05) is 42.1 Å². The topological polar surface area (TPSA) is 29.1 Å². The van der Waals surface area contributed by atoms with Gasteiger partial charge in [0, 0.05) is 17.3 Å².